The van der Waals surface area contributed by atoms with E-state index in [4.69, 9.17) is 14.5 Å². The number of nitriles is 1. The summed E-state index contributed by atoms with van der Waals surface area (Å²) in [4.78, 5) is 10.8. The third-order valence-corrected chi connectivity index (χ3v) is 4.70. The highest BCUT2D eigenvalue weighted by Gasteiger charge is 2.23. The van der Waals surface area contributed by atoms with Crippen molar-refractivity contribution < 1.29 is 9.26 Å². The van der Waals surface area contributed by atoms with Gasteiger partial charge in [0.25, 0.3) is 0 Å². The topological polar surface area (TPSA) is 88.1 Å². The molecule has 1 saturated heterocycles. The molecule has 3 rings (SSSR count). The number of anilines is 1. The molecule has 0 bridgehead atoms. The van der Waals surface area contributed by atoms with Crippen molar-refractivity contribution in [2.75, 3.05) is 24.6 Å². The van der Waals surface area contributed by atoms with Crippen LogP contribution in [0.25, 0.3) is 0 Å². The number of nitrogens with zero attached hydrogens (tertiary/aromatic N) is 5. The van der Waals surface area contributed by atoms with Crippen molar-refractivity contribution in [3.05, 3.63) is 29.7 Å². The minimum Gasteiger partial charge on any atom is -0.478 e. The number of hydrogen-bond donors (Lipinski definition) is 0. The highest BCUT2D eigenvalue weighted by molar-refractivity contribution is 5.28. The summed E-state index contributed by atoms with van der Waals surface area (Å²) in [6.07, 6.45) is 5.95. The molecule has 2 aromatic heterocycles. The molecule has 0 unspecified atom stereocenters. The van der Waals surface area contributed by atoms with Gasteiger partial charge in [0, 0.05) is 31.3 Å². The van der Waals surface area contributed by atoms with Crippen LogP contribution in [0.15, 0.2) is 22.9 Å². The van der Waals surface area contributed by atoms with Crippen LogP contribution < -0.4 is 9.64 Å². The highest BCUT2D eigenvalue weighted by atomic mass is 16.5. The van der Waals surface area contributed by atoms with Gasteiger partial charge in [-0.15, -0.1) is 0 Å². The minimum absolute atomic E-state index is 0.288. The third-order valence-electron chi connectivity index (χ3n) is 4.70. The number of aromatic nitrogens is 3. The van der Waals surface area contributed by atoms with Gasteiger partial charge in [-0.25, -0.2) is 4.98 Å². The number of ether oxygens (including phenoxy) is 1. The first-order valence-corrected chi connectivity index (χ1v) is 9.23. The molecular formula is C19H25N5O2. The van der Waals surface area contributed by atoms with Crippen molar-refractivity contribution in [3.8, 4) is 11.9 Å². The third kappa shape index (κ3) is 4.72. The van der Waals surface area contributed by atoms with Crippen molar-refractivity contribution in [1.82, 2.24) is 15.1 Å². The second kappa shape index (κ2) is 8.65. The summed E-state index contributed by atoms with van der Waals surface area (Å²) in [5.41, 5.74) is 0.547. The van der Waals surface area contributed by atoms with Crippen LogP contribution in [-0.2, 0) is 0 Å². The zero-order valence-corrected chi connectivity index (χ0v) is 15.4. The van der Waals surface area contributed by atoms with E-state index in [9.17, 15) is 0 Å². The molecule has 7 heteroatoms. The Balaban J connectivity index is 1.35. The normalized spacial score (nSPS) is 15.2. The molecule has 0 aliphatic carbocycles. The summed E-state index contributed by atoms with van der Waals surface area (Å²) in [6.45, 7) is 6.71. The molecule has 1 fully saturated rings. The highest BCUT2D eigenvalue weighted by Crippen LogP contribution is 2.26. The van der Waals surface area contributed by atoms with E-state index in [0.717, 1.165) is 44.6 Å². The average molecular weight is 355 g/mol. The molecule has 26 heavy (non-hydrogen) atoms. The fraction of sp³-hybridized carbons (Fsp3) is 0.579. The van der Waals surface area contributed by atoms with Gasteiger partial charge in [-0.3, -0.25) is 0 Å². The van der Waals surface area contributed by atoms with Crippen LogP contribution in [0.4, 0.5) is 6.01 Å². The second-order valence-corrected chi connectivity index (χ2v) is 7.01. The number of piperidine rings is 1. The van der Waals surface area contributed by atoms with E-state index in [1.54, 1.807) is 12.1 Å². The zero-order valence-electron chi connectivity index (χ0n) is 15.4. The molecule has 0 N–H and O–H groups in total. The molecular weight excluding hydrogens is 330 g/mol. The first-order chi connectivity index (χ1) is 12.7. The molecule has 0 radical (unpaired) electrons. The van der Waals surface area contributed by atoms with E-state index in [2.05, 4.69) is 33.9 Å². The standard InChI is InChI=1S/C19H25N5O2/c1-14(2)18-22-19(26-23-18)24-9-7-15(8-10-24)4-3-11-25-17-6-5-16(12-20)13-21-17/h5-6,13-15H,3-4,7-11H2,1-2H3. The average Bonchev–Trinajstić information content (AvgIpc) is 3.17. The van der Waals surface area contributed by atoms with E-state index in [0.29, 0.717) is 30.0 Å². The first-order valence-electron chi connectivity index (χ1n) is 9.23. The Morgan fingerprint density at radius 3 is 2.77 bits per heavy atom. The van der Waals surface area contributed by atoms with Crippen molar-refractivity contribution in [2.45, 2.75) is 45.4 Å². The van der Waals surface area contributed by atoms with E-state index in [-0.39, 0.29) is 5.92 Å². The zero-order chi connectivity index (χ0) is 18.4. The van der Waals surface area contributed by atoms with E-state index in [1.165, 1.54) is 6.20 Å². The van der Waals surface area contributed by atoms with Gasteiger partial charge in [0.1, 0.15) is 6.07 Å². The molecule has 0 spiro atoms. The Morgan fingerprint density at radius 2 is 2.15 bits per heavy atom. The monoisotopic (exact) mass is 355 g/mol. The summed E-state index contributed by atoms with van der Waals surface area (Å²) in [5.74, 6) is 2.35. The molecule has 0 aromatic carbocycles. The Hall–Kier alpha value is -2.62. The molecule has 0 amide bonds. The Kier molecular flexibility index (Phi) is 6.05. The molecule has 3 heterocycles. The maximum atomic E-state index is 8.76. The van der Waals surface area contributed by atoms with Gasteiger partial charge in [0.05, 0.1) is 12.2 Å². The lowest BCUT2D eigenvalue weighted by molar-refractivity contribution is 0.269. The fourth-order valence-corrected chi connectivity index (χ4v) is 3.08. The van der Waals surface area contributed by atoms with E-state index in [1.807, 2.05) is 6.07 Å². The SMILES string of the molecule is CC(C)c1noc(N2CCC(CCCOc3ccc(C#N)cn3)CC2)n1. The fourth-order valence-electron chi connectivity index (χ4n) is 3.08. The molecule has 0 saturated carbocycles. The van der Waals surface area contributed by atoms with Gasteiger partial charge in [-0.2, -0.15) is 10.2 Å². The minimum atomic E-state index is 0.288. The van der Waals surface area contributed by atoms with Crippen LogP contribution in [0.3, 0.4) is 0 Å². The van der Waals surface area contributed by atoms with Crippen LogP contribution in [0.2, 0.25) is 0 Å². The number of pyridine rings is 1. The molecule has 138 valence electrons. The summed E-state index contributed by atoms with van der Waals surface area (Å²) >= 11 is 0. The lowest BCUT2D eigenvalue weighted by Crippen LogP contribution is -2.34. The summed E-state index contributed by atoms with van der Waals surface area (Å²) in [7, 11) is 0. The van der Waals surface area contributed by atoms with Crippen molar-refractivity contribution in [2.24, 2.45) is 5.92 Å². The van der Waals surface area contributed by atoms with Gasteiger partial charge in [-0.05, 0) is 37.7 Å². The maximum absolute atomic E-state index is 8.76. The van der Waals surface area contributed by atoms with Gasteiger partial charge >= 0.3 is 6.01 Å². The second-order valence-electron chi connectivity index (χ2n) is 7.01. The van der Waals surface area contributed by atoms with Crippen LogP contribution in [-0.4, -0.2) is 34.8 Å². The van der Waals surface area contributed by atoms with Gasteiger partial charge in [-0.1, -0.05) is 19.0 Å². The Morgan fingerprint density at radius 1 is 1.35 bits per heavy atom. The lowest BCUT2D eigenvalue weighted by Gasteiger charge is -2.30. The smallest absolute Gasteiger partial charge is 0.324 e. The van der Waals surface area contributed by atoms with Gasteiger partial charge in [0.15, 0.2) is 5.82 Å². The summed E-state index contributed by atoms with van der Waals surface area (Å²) in [5, 5.41) is 12.8. The molecule has 1 aliphatic rings. The Bertz CT molecular complexity index is 727. The van der Waals surface area contributed by atoms with E-state index >= 15 is 0 Å². The van der Waals surface area contributed by atoms with Crippen LogP contribution in [0.5, 0.6) is 5.88 Å². The quantitative estimate of drug-likeness (QED) is 0.702. The molecule has 1 aliphatic heterocycles. The summed E-state index contributed by atoms with van der Waals surface area (Å²) < 4.78 is 11.0. The Labute approximate surface area is 154 Å². The van der Waals surface area contributed by atoms with Crippen LogP contribution >= 0.6 is 0 Å². The lowest BCUT2D eigenvalue weighted by atomic mass is 9.92. The molecule has 2 aromatic rings. The number of rotatable bonds is 7. The molecule has 0 atom stereocenters. The van der Waals surface area contributed by atoms with Crippen LogP contribution in [0.1, 0.15) is 56.8 Å². The van der Waals surface area contributed by atoms with Crippen molar-refractivity contribution in [1.29, 1.82) is 5.26 Å². The summed E-state index contributed by atoms with van der Waals surface area (Å²) in [6, 6.07) is 6.17. The first kappa shape index (κ1) is 18.2. The van der Waals surface area contributed by atoms with Crippen molar-refractivity contribution in [3.63, 3.8) is 0 Å². The van der Waals surface area contributed by atoms with Crippen LogP contribution in [0, 0.1) is 17.2 Å². The van der Waals surface area contributed by atoms with Gasteiger partial charge in [0.2, 0.25) is 5.88 Å². The largest absolute Gasteiger partial charge is 0.478 e. The predicted molar refractivity (Wildman–Crippen MR) is 97.0 cm³/mol. The predicted octanol–water partition coefficient (Wildman–Crippen LogP) is 3.54. The van der Waals surface area contributed by atoms with E-state index < -0.39 is 0 Å². The molecule has 7 nitrogen and oxygen atoms in total. The van der Waals surface area contributed by atoms with Crippen molar-refractivity contribution >= 4 is 6.01 Å². The van der Waals surface area contributed by atoms with Gasteiger partial charge < -0.3 is 14.2 Å². The maximum Gasteiger partial charge on any atom is 0.324 e. The number of hydrogen-bond acceptors (Lipinski definition) is 7.